The predicted octanol–water partition coefficient (Wildman–Crippen LogP) is 4.84. The van der Waals surface area contributed by atoms with Crippen LogP contribution in [0.2, 0.25) is 0 Å². The standard InChI is InChI=1S/C30H33N3O4/c1-4-5-17-37-22-15-13-21(14-16-22)18-27(34)32-20(3)30(36)33-26-12-8-11-25(31)28(26)24-10-7-6-9-23(24)19(2)29(33)35/h6-16,19-20H,4-5,17-18,31H2,1-3H3,(H,32,34)/t19?,20-/m0/s1. The van der Waals surface area contributed by atoms with Gasteiger partial charge in [-0.1, -0.05) is 55.8 Å². The van der Waals surface area contributed by atoms with Crippen molar-refractivity contribution in [2.24, 2.45) is 0 Å². The highest BCUT2D eigenvalue weighted by molar-refractivity contribution is 6.22. The average Bonchev–Trinajstić information content (AvgIpc) is 2.98. The summed E-state index contributed by atoms with van der Waals surface area (Å²) < 4.78 is 5.67. The summed E-state index contributed by atoms with van der Waals surface area (Å²) in [5, 5.41) is 2.76. The number of nitrogens with one attached hydrogen (secondary N) is 1. The van der Waals surface area contributed by atoms with Crippen molar-refractivity contribution in [2.45, 2.75) is 52.0 Å². The maximum Gasteiger partial charge on any atom is 0.256 e. The number of hydrogen-bond donors (Lipinski definition) is 2. The number of unbranched alkanes of at least 4 members (excludes halogenated alkanes) is 1. The van der Waals surface area contributed by atoms with Crippen LogP contribution in [0.25, 0.3) is 11.1 Å². The Morgan fingerprint density at radius 1 is 1.05 bits per heavy atom. The maximum absolute atomic E-state index is 13.6. The maximum atomic E-state index is 13.6. The van der Waals surface area contributed by atoms with E-state index in [1.165, 1.54) is 4.90 Å². The lowest BCUT2D eigenvalue weighted by Crippen LogP contribution is -2.50. The van der Waals surface area contributed by atoms with Gasteiger partial charge in [-0.2, -0.15) is 0 Å². The first-order chi connectivity index (χ1) is 17.8. The molecule has 0 saturated heterocycles. The topological polar surface area (TPSA) is 102 Å². The molecule has 3 aromatic carbocycles. The van der Waals surface area contributed by atoms with Crippen molar-refractivity contribution in [3.05, 3.63) is 77.9 Å². The minimum Gasteiger partial charge on any atom is -0.494 e. The second kappa shape index (κ2) is 11.3. The first kappa shape index (κ1) is 25.9. The lowest BCUT2D eigenvalue weighted by molar-refractivity contribution is -0.131. The summed E-state index contributed by atoms with van der Waals surface area (Å²) in [6, 6.07) is 19.2. The quantitative estimate of drug-likeness (QED) is 0.341. The van der Waals surface area contributed by atoms with Crippen molar-refractivity contribution in [1.29, 1.82) is 0 Å². The van der Waals surface area contributed by atoms with Crippen molar-refractivity contribution >= 4 is 29.1 Å². The molecule has 37 heavy (non-hydrogen) atoms. The van der Waals surface area contributed by atoms with Gasteiger partial charge in [0.05, 0.1) is 24.6 Å². The van der Waals surface area contributed by atoms with Gasteiger partial charge in [0.15, 0.2) is 0 Å². The zero-order valence-corrected chi connectivity index (χ0v) is 21.5. The molecule has 3 amide bonds. The fourth-order valence-electron chi connectivity index (χ4n) is 4.58. The predicted molar refractivity (Wildman–Crippen MR) is 145 cm³/mol. The third-order valence-corrected chi connectivity index (χ3v) is 6.63. The van der Waals surface area contributed by atoms with Gasteiger partial charge >= 0.3 is 0 Å². The van der Waals surface area contributed by atoms with Gasteiger partial charge in [0.1, 0.15) is 11.8 Å². The Bertz CT molecular complexity index is 1300. The van der Waals surface area contributed by atoms with E-state index >= 15 is 0 Å². The number of imide groups is 1. The van der Waals surface area contributed by atoms with Crippen molar-refractivity contribution in [3.63, 3.8) is 0 Å². The molecule has 0 aromatic heterocycles. The van der Waals surface area contributed by atoms with Gasteiger partial charge in [0, 0.05) is 11.3 Å². The lowest BCUT2D eigenvalue weighted by Gasteiger charge is -2.26. The zero-order chi connectivity index (χ0) is 26.5. The number of amides is 3. The smallest absolute Gasteiger partial charge is 0.256 e. The molecular weight excluding hydrogens is 466 g/mol. The summed E-state index contributed by atoms with van der Waals surface area (Å²) in [4.78, 5) is 41.1. The summed E-state index contributed by atoms with van der Waals surface area (Å²) in [5.74, 6) is -0.986. The molecule has 0 bridgehead atoms. The molecule has 0 spiro atoms. The Kier molecular flexibility index (Phi) is 7.92. The van der Waals surface area contributed by atoms with Gasteiger partial charge in [-0.15, -0.1) is 0 Å². The Morgan fingerprint density at radius 3 is 2.51 bits per heavy atom. The molecule has 1 heterocycles. The number of nitrogen functional groups attached to an aromatic ring is 1. The molecule has 4 rings (SSSR count). The highest BCUT2D eigenvalue weighted by Crippen LogP contribution is 2.44. The number of benzene rings is 3. The molecule has 0 radical (unpaired) electrons. The van der Waals surface area contributed by atoms with Crippen LogP contribution in [0.4, 0.5) is 11.4 Å². The van der Waals surface area contributed by atoms with Crippen LogP contribution in [0.1, 0.15) is 50.7 Å². The van der Waals surface area contributed by atoms with E-state index in [9.17, 15) is 14.4 Å². The normalized spacial score (nSPS) is 15.3. The molecular formula is C30H33N3O4. The number of fused-ring (bicyclic) bond motifs is 3. The SMILES string of the molecule is CCCCOc1ccc(CC(=O)N[C@@H](C)C(=O)N2C(=O)C(C)c3ccccc3-c3c(N)cccc32)cc1. The summed E-state index contributed by atoms with van der Waals surface area (Å²) >= 11 is 0. The van der Waals surface area contributed by atoms with Gasteiger partial charge in [-0.25, -0.2) is 4.90 Å². The summed E-state index contributed by atoms with van der Waals surface area (Å²) in [7, 11) is 0. The number of hydrogen-bond acceptors (Lipinski definition) is 5. The first-order valence-electron chi connectivity index (χ1n) is 12.7. The number of rotatable bonds is 8. The average molecular weight is 500 g/mol. The van der Waals surface area contributed by atoms with E-state index in [2.05, 4.69) is 12.2 Å². The fraction of sp³-hybridized carbons (Fsp3) is 0.300. The minimum absolute atomic E-state index is 0.103. The zero-order valence-electron chi connectivity index (χ0n) is 21.5. The molecule has 0 aliphatic carbocycles. The van der Waals surface area contributed by atoms with Crippen LogP contribution in [0.3, 0.4) is 0 Å². The van der Waals surface area contributed by atoms with Crippen LogP contribution in [0, 0.1) is 0 Å². The Hall–Kier alpha value is -4.13. The van der Waals surface area contributed by atoms with Crippen LogP contribution in [-0.4, -0.2) is 30.4 Å². The molecule has 1 unspecified atom stereocenters. The second-order valence-electron chi connectivity index (χ2n) is 9.37. The molecule has 0 saturated carbocycles. The Morgan fingerprint density at radius 2 is 1.78 bits per heavy atom. The second-order valence-corrected chi connectivity index (χ2v) is 9.37. The molecule has 7 nitrogen and oxygen atoms in total. The van der Waals surface area contributed by atoms with Crippen molar-refractivity contribution in [2.75, 3.05) is 17.2 Å². The van der Waals surface area contributed by atoms with Gasteiger partial charge in [0.25, 0.3) is 5.91 Å². The summed E-state index contributed by atoms with van der Waals surface area (Å²) in [5.41, 5.74) is 10.3. The molecule has 3 aromatic rings. The van der Waals surface area contributed by atoms with Crippen LogP contribution in [0.15, 0.2) is 66.7 Å². The molecule has 3 N–H and O–H groups in total. The van der Waals surface area contributed by atoms with Crippen molar-refractivity contribution < 1.29 is 19.1 Å². The Balaban J connectivity index is 1.51. The van der Waals surface area contributed by atoms with E-state index in [-0.39, 0.29) is 18.2 Å². The van der Waals surface area contributed by atoms with Crippen LogP contribution >= 0.6 is 0 Å². The van der Waals surface area contributed by atoms with Crippen molar-refractivity contribution in [1.82, 2.24) is 5.32 Å². The number of carbonyl (C=O) groups is 3. The third kappa shape index (κ3) is 5.50. The van der Waals surface area contributed by atoms with E-state index in [0.29, 0.717) is 23.5 Å². The number of nitrogens with two attached hydrogens (primary N) is 1. The van der Waals surface area contributed by atoms with Gasteiger partial charge < -0.3 is 15.8 Å². The highest BCUT2D eigenvalue weighted by atomic mass is 16.5. The molecule has 0 fully saturated rings. The van der Waals surface area contributed by atoms with E-state index in [1.54, 1.807) is 32.0 Å². The van der Waals surface area contributed by atoms with Gasteiger partial charge in [-0.05, 0) is 61.2 Å². The van der Waals surface area contributed by atoms with Gasteiger partial charge in [0.2, 0.25) is 11.8 Å². The van der Waals surface area contributed by atoms with Crippen molar-refractivity contribution in [3.8, 4) is 16.9 Å². The highest BCUT2D eigenvalue weighted by Gasteiger charge is 2.37. The van der Waals surface area contributed by atoms with E-state index < -0.39 is 17.9 Å². The van der Waals surface area contributed by atoms with Crippen LogP contribution < -0.4 is 20.7 Å². The van der Waals surface area contributed by atoms with E-state index in [0.717, 1.165) is 35.3 Å². The number of nitrogens with zero attached hydrogens (tertiary/aromatic N) is 1. The third-order valence-electron chi connectivity index (χ3n) is 6.63. The monoisotopic (exact) mass is 499 g/mol. The summed E-state index contributed by atoms with van der Waals surface area (Å²) in [6.07, 6.45) is 2.15. The number of ether oxygens (including phenoxy) is 1. The number of carbonyl (C=O) groups excluding carboxylic acids is 3. The molecule has 1 aliphatic heterocycles. The molecule has 2 atom stereocenters. The van der Waals surface area contributed by atoms with Crippen LogP contribution in [0.5, 0.6) is 5.75 Å². The van der Waals surface area contributed by atoms with Gasteiger partial charge in [-0.3, -0.25) is 14.4 Å². The summed E-state index contributed by atoms with van der Waals surface area (Å²) in [6.45, 7) is 6.13. The van der Waals surface area contributed by atoms with Crippen LogP contribution in [-0.2, 0) is 20.8 Å². The molecule has 192 valence electrons. The molecule has 1 aliphatic rings. The minimum atomic E-state index is -0.921. The largest absolute Gasteiger partial charge is 0.494 e. The molecule has 7 heteroatoms. The van der Waals surface area contributed by atoms with E-state index in [4.69, 9.17) is 10.5 Å². The number of anilines is 2. The fourth-order valence-corrected chi connectivity index (χ4v) is 4.58. The van der Waals surface area contributed by atoms with E-state index in [1.807, 2.05) is 48.5 Å². The first-order valence-corrected chi connectivity index (χ1v) is 12.7. The Labute approximate surface area is 217 Å². The lowest BCUT2D eigenvalue weighted by atomic mass is 9.92.